The first-order chi connectivity index (χ1) is 11.7. The minimum Gasteiger partial charge on any atom is -0.396 e. The van der Waals surface area contributed by atoms with E-state index in [-0.39, 0.29) is 18.2 Å². The summed E-state index contributed by atoms with van der Waals surface area (Å²) in [6.07, 6.45) is 0.607. The molecular weight excluding hydrogens is 302 g/mol. The summed E-state index contributed by atoms with van der Waals surface area (Å²) in [6.45, 7) is 2.46. The molecule has 2 N–H and O–H groups in total. The first-order valence-electron chi connectivity index (χ1n) is 8.06. The van der Waals surface area contributed by atoms with Gasteiger partial charge in [-0.15, -0.1) is 0 Å². The number of pyridine rings is 1. The monoisotopic (exact) mass is 323 g/mol. The Labute approximate surface area is 140 Å². The molecule has 0 radical (unpaired) electrons. The Morgan fingerprint density at radius 1 is 1.17 bits per heavy atom. The van der Waals surface area contributed by atoms with E-state index >= 15 is 0 Å². The molecule has 0 aliphatic carbocycles. The van der Waals surface area contributed by atoms with Crippen LogP contribution in [0.4, 0.5) is 0 Å². The standard InChI is InChI=1S/C19H21N3O2/c1-14-6-5-9-18-21-16(12-19(24)22(14)18)13-20-17(10-11-23)15-7-3-2-4-8-15/h2-9,12,17,20,23H,10-11,13H2,1H3. The molecule has 2 aromatic heterocycles. The maximum atomic E-state index is 12.3. The van der Waals surface area contributed by atoms with Crippen molar-refractivity contribution in [3.63, 3.8) is 0 Å². The fraction of sp³-hybridized carbons (Fsp3) is 0.263. The normalized spacial score (nSPS) is 12.4. The number of hydrogen-bond acceptors (Lipinski definition) is 4. The summed E-state index contributed by atoms with van der Waals surface area (Å²) in [4.78, 5) is 16.9. The van der Waals surface area contributed by atoms with Gasteiger partial charge in [0, 0.05) is 31.0 Å². The molecule has 0 saturated carbocycles. The van der Waals surface area contributed by atoms with Crippen molar-refractivity contribution >= 4 is 5.65 Å². The molecule has 124 valence electrons. The van der Waals surface area contributed by atoms with Gasteiger partial charge in [0.05, 0.1) is 5.69 Å². The van der Waals surface area contributed by atoms with Gasteiger partial charge in [-0.05, 0) is 31.0 Å². The number of hydrogen-bond donors (Lipinski definition) is 2. The molecule has 0 aliphatic heterocycles. The van der Waals surface area contributed by atoms with Crippen LogP contribution >= 0.6 is 0 Å². The van der Waals surface area contributed by atoms with E-state index in [0.717, 1.165) is 11.3 Å². The summed E-state index contributed by atoms with van der Waals surface area (Å²) in [5.41, 5.74) is 3.25. The molecule has 0 aliphatic rings. The van der Waals surface area contributed by atoms with E-state index in [0.29, 0.717) is 24.3 Å². The number of aryl methyl sites for hydroxylation is 1. The number of rotatable bonds is 6. The van der Waals surface area contributed by atoms with E-state index < -0.39 is 0 Å². The second kappa shape index (κ2) is 7.38. The van der Waals surface area contributed by atoms with E-state index in [1.165, 1.54) is 0 Å². The zero-order valence-corrected chi connectivity index (χ0v) is 13.6. The van der Waals surface area contributed by atoms with Gasteiger partial charge in [0.2, 0.25) is 0 Å². The fourth-order valence-electron chi connectivity index (χ4n) is 2.88. The predicted octanol–water partition coefficient (Wildman–Crippen LogP) is 2.22. The van der Waals surface area contributed by atoms with Gasteiger partial charge in [0.1, 0.15) is 5.65 Å². The molecule has 3 rings (SSSR count). The van der Waals surface area contributed by atoms with Crippen molar-refractivity contribution in [3.8, 4) is 0 Å². The smallest absolute Gasteiger partial charge is 0.258 e. The van der Waals surface area contributed by atoms with Crippen molar-refractivity contribution in [1.29, 1.82) is 0 Å². The van der Waals surface area contributed by atoms with E-state index in [2.05, 4.69) is 10.3 Å². The van der Waals surface area contributed by atoms with Gasteiger partial charge in [-0.25, -0.2) is 4.98 Å². The molecule has 2 heterocycles. The van der Waals surface area contributed by atoms with Gasteiger partial charge in [0.15, 0.2) is 0 Å². The van der Waals surface area contributed by atoms with Crippen molar-refractivity contribution in [2.24, 2.45) is 0 Å². The topological polar surface area (TPSA) is 66.6 Å². The lowest BCUT2D eigenvalue weighted by Crippen LogP contribution is -2.25. The molecule has 0 fully saturated rings. The highest BCUT2D eigenvalue weighted by atomic mass is 16.3. The minimum absolute atomic E-state index is 0.0222. The highest BCUT2D eigenvalue weighted by Gasteiger charge is 2.11. The fourth-order valence-corrected chi connectivity index (χ4v) is 2.88. The van der Waals surface area contributed by atoms with E-state index in [9.17, 15) is 9.90 Å². The summed E-state index contributed by atoms with van der Waals surface area (Å²) in [6, 6.07) is 17.2. The van der Waals surface area contributed by atoms with Crippen LogP contribution in [0, 0.1) is 6.92 Å². The molecule has 24 heavy (non-hydrogen) atoms. The quantitative estimate of drug-likeness (QED) is 0.730. The second-order valence-corrected chi connectivity index (χ2v) is 5.80. The van der Waals surface area contributed by atoms with Crippen LogP contribution in [0.25, 0.3) is 5.65 Å². The average molecular weight is 323 g/mol. The highest BCUT2D eigenvalue weighted by molar-refractivity contribution is 5.40. The minimum atomic E-state index is -0.0756. The van der Waals surface area contributed by atoms with Crippen LogP contribution < -0.4 is 10.9 Å². The third-order valence-electron chi connectivity index (χ3n) is 4.08. The lowest BCUT2D eigenvalue weighted by molar-refractivity contribution is 0.265. The van der Waals surface area contributed by atoms with Crippen molar-refractivity contribution in [3.05, 3.63) is 81.9 Å². The molecule has 1 unspecified atom stereocenters. The van der Waals surface area contributed by atoms with Crippen LogP contribution in [-0.4, -0.2) is 21.1 Å². The summed E-state index contributed by atoms with van der Waals surface area (Å²) in [5, 5.41) is 12.7. The second-order valence-electron chi connectivity index (χ2n) is 5.80. The molecule has 0 bridgehead atoms. The van der Waals surface area contributed by atoms with Gasteiger partial charge in [-0.1, -0.05) is 36.4 Å². The highest BCUT2D eigenvalue weighted by Crippen LogP contribution is 2.16. The summed E-state index contributed by atoms with van der Waals surface area (Å²) >= 11 is 0. The lowest BCUT2D eigenvalue weighted by atomic mass is 10.0. The molecule has 1 aromatic carbocycles. The summed E-state index contributed by atoms with van der Waals surface area (Å²) in [5.74, 6) is 0. The van der Waals surface area contributed by atoms with Crippen LogP contribution in [0.15, 0.2) is 59.4 Å². The average Bonchev–Trinajstić information content (AvgIpc) is 2.59. The molecule has 5 heteroatoms. The van der Waals surface area contributed by atoms with Crippen LogP contribution in [0.3, 0.4) is 0 Å². The molecule has 1 atom stereocenters. The number of benzene rings is 1. The van der Waals surface area contributed by atoms with Gasteiger partial charge >= 0.3 is 0 Å². The van der Waals surface area contributed by atoms with Crippen molar-refractivity contribution in [2.45, 2.75) is 25.9 Å². The van der Waals surface area contributed by atoms with Crippen LogP contribution in [0.1, 0.15) is 29.4 Å². The third kappa shape index (κ3) is 3.53. The van der Waals surface area contributed by atoms with Crippen molar-refractivity contribution < 1.29 is 5.11 Å². The lowest BCUT2D eigenvalue weighted by Gasteiger charge is -2.18. The first kappa shape index (κ1) is 16.4. The Kier molecular flexibility index (Phi) is 5.03. The summed E-state index contributed by atoms with van der Waals surface area (Å²) in [7, 11) is 0. The van der Waals surface area contributed by atoms with Gasteiger partial charge < -0.3 is 10.4 Å². The van der Waals surface area contributed by atoms with Crippen molar-refractivity contribution in [2.75, 3.05) is 6.61 Å². The van der Waals surface area contributed by atoms with Crippen molar-refractivity contribution in [1.82, 2.24) is 14.7 Å². The third-order valence-corrected chi connectivity index (χ3v) is 4.08. The Hall–Kier alpha value is -2.50. The van der Waals surface area contributed by atoms with Gasteiger partial charge in [0.25, 0.3) is 5.56 Å². The largest absolute Gasteiger partial charge is 0.396 e. The molecular formula is C19H21N3O2. The molecule has 0 saturated heterocycles. The first-order valence-corrected chi connectivity index (χ1v) is 8.06. The molecule has 3 aromatic rings. The maximum Gasteiger partial charge on any atom is 0.258 e. The predicted molar refractivity (Wildman–Crippen MR) is 93.9 cm³/mol. The number of aromatic nitrogens is 2. The number of fused-ring (bicyclic) bond motifs is 1. The molecule has 5 nitrogen and oxygen atoms in total. The summed E-state index contributed by atoms with van der Waals surface area (Å²) < 4.78 is 1.60. The van der Waals surface area contributed by atoms with Crippen LogP contribution in [0.5, 0.6) is 0 Å². The number of nitrogens with one attached hydrogen (secondary N) is 1. The van der Waals surface area contributed by atoms with E-state index in [1.54, 1.807) is 10.5 Å². The van der Waals surface area contributed by atoms with Crippen LogP contribution in [-0.2, 0) is 6.54 Å². The van der Waals surface area contributed by atoms with Gasteiger partial charge in [-0.3, -0.25) is 9.20 Å². The van der Waals surface area contributed by atoms with Gasteiger partial charge in [-0.2, -0.15) is 0 Å². The van der Waals surface area contributed by atoms with Crippen LogP contribution in [0.2, 0.25) is 0 Å². The maximum absolute atomic E-state index is 12.3. The molecule has 0 amide bonds. The SMILES string of the molecule is Cc1cccc2nc(CNC(CCO)c3ccccc3)cc(=O)n12. The number of aliphatic hydroxyl groups excluding tert-OH is 1. The zero-order chi connectivity index (χ0) is 16.9. The number of nitrogens with zero attached hydrogens (tertiary/aromatic N) is 2. The Morgan fingerprint density at radius 2 is 1.96 bits per heavy atom. The molecule has 0 spiro atoms. The number of aliphatic hydroxyl groups is 1. The van der Waals surface area contributed by atoms with E-state index in [1.807, 2.05) is 55.5 Å². The Bertz CT molecular complexity index is 875. The Balaban J connectivity index is 1.83. The van der Waals surface area contributed by atoms with E-state index in [4.69, 9.17) is 0 Å². The Morgan fingerprint density at radius 3 is 2.71 bits per heavy atom. The zero-order valence-electron chi connectivity index (χ0n) is 13.6.